The van der Waals surface area contributed by atoms with E-state index in [0.717, 1.165) is 57.2 Å². The van der Waals surface area contributed by atoms with Crippen molar-refractivity contribution in [2.75, 3.05) is 51.8 Å². The summed E-state index contributed by atoms with van der Waals surface area (Å²) in [7, 11) is 0. The number of nitrogens with one attached hydrogen (secondary N) is 2. The number of carboxylic acids is 1. The second-order valence-corrected chi connectivity index (χ2v) is 7.40. The highest BCUT2D eigenvalue weighted by Crippen LogP contribution is 2.09. The lowest BCUT2D eigenvalue weighted by Crippen LogP contribution is -2.29. The predicted octanol–water partition coefficient (Wildman–Crippen LogP) is 2.73. The van der Waals surface area contributed by atoms with E-state index >= 15 is 0 Å². The standard InChI is InChI=1S/C20H38N2O5S.C2H7N/c1-18(17-28)21-12-13-26-14-15-27-16-19(23)22-11-9-7-5-3-2-4-6-8-10-20(24)25;1-2-3/h21,28H,1-17H2,(H,22,23)(H,24,25);2-3H2,1H3. The molecule has 8 nitrogen and oxygen atoms in total. The van der Waals surface area contributed by atoms with Crippen LogP contribution in [0.3, 0.4) is 0 Å². The molecule has 1 amide bonds. The lowest BCUT2D eigenvalue weighted by Gasteiger charge is -2.09. The van der Waals surface area contributed by atoms with E-state index in [1.54, 1.807) is 0 Å². The molecular weight excluding hydrogens is 418 g/mol. The molecule has 0 atom stereocenters. The van der Waals surface area contributed by atoms with Gasteiger partial charge in [0.05, 0.1) is 19.8 Å². The first-order valence-corrected chi connectivity index (χ1v) is 12.0. The summed E-state index contributed by atoms with van der Waals surface area (Å²) >= 11 is 4.09. The Kier molecular flexibility index (Phi) is 27.5. The molecule has 0 aliphatic rings. The molecule has 0 unspecified atom stereocenters. The molecule has 0 aromatic heterocycles. The highest BCUT2D eigenvalue weighted by molar-refractivity contribution is 7.80. The van der Waals surface area contributed by atoms with Crippen LogP contribution in [0.25, 0.3) is 0 Å². The van der Waals surface area contributed by atoms with Crippen molar-refractivity contribution in [1.29, 1.82) is 0 Å². The zero-order valence-electron chi connectivity index (χ0n) is 19.3. The smallest absolute Gasteiger partial charge is 0.303 e. The van der Waals surface area contributed by atoms with Crippen molar-refractivity contribution in [2.45, 2.75) is 64.7 Å². The summed E-state index contributed by atoms with van der Waals surface area (Å²) in [6.45, 7) is 9.27. The van der Waals surface area contributed by atoms with Crippen molar-refractivity contribution in [3.63, 3.8) is 0 Å². The van der Waals surface area contributed by atoms with Gasteiger partial charge in [-0.05, 0) is 19.4 Å². The molecule has 0 saturated heterocycles. The van der Waals surface area contributed by atoms with Crippen molar-refractivity contribution in [3.8, 4) is 0 Å². The minimum atomic E-state index is -0.708. The number of aliphatic carboxylic acids is 1. The van der Waals surface area contributed by atoms with Crippen molar-refractivity contribution < 1.29 is 24.2 Å². The second kappa shape index (κ2) is 26.7. The van der Waals surface area contributed by atoms with E-state index in [0.29, 0.717) is 38.7 Å². The van der Waals surface area contributed by atoms with Crippen LogP contribution in [0, 0.1) is 0 Å². The molecule has 0 aromatic rings. The van der Waals surface area contributed by atoms with E-state index in [4.69, 9.17) is 20.3 Å². The average Bonchev–Trinajstić information content (AvgIpc) is 2.74. The molecule has 0 aromatic carbocycles. The Morgan fingerprint density at radius 1 is 0.903 bits per heavy atom. The van der Waals surface area contributed by atoms with Crippen LogP contribution in [0.1, 0.15) is 64.7 Å². The molecule has 184 valence electrons. The van der Waals surface area contributed by atoms with Gasteiger partial charge in [0, 0.05) is 31.0 Å². The summed E-state index contributed by atoms with van der Waals surface area (Å²) in [6.07, 6.45) is 8.70. The van der Waals surface area contributed by atoms with Crippen molar-refractivity contribution >= 4 is 24.5 Å². The number of thiol groups is 1. The number of carboxylic acid groups (broad SMARTS) is 1. The molecule has 0 bridgehead atoms. The molecule has 9 heteroatoms. The van der Waals surface area contributed by atoms with E-state index in [2.05, 4.69) is 29.8 Å². The van der Waals surface area contributed by atoms with Crippen LogP contribution >= 0.6 is 12.6 Å². The fourth-order valence-electron chi connectivity index (χ4n) is 2.48. The Labute approximate surface area is 194 Å². The van der Waals surface area contributed by atoms with Crippen LogP contribution in [0.2, 0.25) is 0 Å². The summed E-state index contributed by atoms with van der Waals surface area (Å²) in [6, 6.07) is 0. The van der Waals surface area contributed by atoms with E-state index in [9.17, 15) is 9.59 Å². The Hall–Kier alpha value is -1.29. The Morgan fingerprint density at radius 3 is 2.03 bits per heavy atom. The number of ether oxygens (including phenoxy) is 2. The van der Waals surface area contributed by atoms with Gasteiger partial charge in [-0.25, -0.2) is 0 Å². The largest absolute Gasteiger partial charge is 0.481 e. The predicted molar refractivity (Wildman–Crippen MR) is 130 cm³/mol. The molecule has 31 heavy (non-hydrogen) atoms. The van der Waals surface area contributed by atoms with Crippen molar-refractivity contribution in [2.24, 2.45) is 5.73 Å². The Bertz CT molecular complexity index is 439. The van der Waals surface area contributed by atoms with Gasteiger partial charge in [0.25, 0.3) is 0 Å². The van der Waals surface area contributed by atoms with E-state index in [1.807, 2.05) is 6.92 Å². The molecule has 5 N–H and O–H groups in total. The average molecular weight is 464 g/mol. The normalized spacial score (nSPS) is 10.2. The highest BCUT2D eigenvalue weighted by Gasteiger charge is 2.01. The van der Waals surface area contributed by atoms with Crippen LogP contribution in [0.5, 0.6) is 0 Å². The molecule has 0 aliphatic heterocycles. The molecule has 0 heterocycles. The summed E-state index contributed by atoms with van der Waals surface area (Å²) in [5, 5.41) is 14.5. The molecule has 0 spiro atoms. The van der Waals surface area contributed by atoms with Crippen LogP contribution < -0.4 is 16.4 Å². The molecule has 0 radical (unpaired) electrons. The minimum absolute atomic E-state index is 0.0639. The summed E-state index contributed by atoms with van der Waals surface area (Å²) < 4.78 is 10.7. The van der Waals surface area contributed by atoms with Gasteiger partial charge < -0.3 is 30.9 Å². The number of nitrogens with two attached hydrogens (primary N) is 1. The lowest BCUT2D eigenvalue weighted by molar-refractivity contribution is -0.137. The van der Waals surface area contributed by atoms with Crippen molar-refractivity contribution in [3.05, 3.63) is 12.3 Å². The number of carbonyl (C=O) groups is 2. The molecule has 0 saturated carbocycles. The van der Waals surface area contributed by atoms with Gasteiger partial charge in [-0.2, -0.15) is 12.6 Å². The third kappa shape index (κ3) is 31.0. The van der Waals surface area contributed by atoms with Crippen LogP contribution in [-0.4, -0.2) is 68.8 Å². The zero-order chi connectivity index (χ0) is 23.6. The monoisotopic (exact) mass is 463 g/mol. The maximum atomic E-state index is 11.6. The van der Waals surface area contributed by atoms with E-state index in [-0.39, 0.29) is 18.9 Å². The van der Waals surface area contributed by atoms with Crippen molar-refractivity contribution in [1.82, 2.24) is 10.6 Å². The number of hydrogen-bond acceptors (Lipinski definition) is 7. The summed E-state index contributed by atoms with van der Waals surface area (Å²) in [4.78, 5) is 22.0. The molecular formula is C22H45N3O5S. The van der Waals surface area contributed by atoms with Gasteiger partial charge >= 0.3 is 5.97 Å². The van der Waals surface area contributed by atoms with Gasteiger partial charge in [-0.1, -0.05) is 52.0 Å². The number of amides is 1. The number of hydrogen-bond donors (Lipinski definition) is 5. The maximum Gasteiger partial charge on any atom is 0.303 e. The minimum Gasteiger partial charge on any atom is -0.481 e. The third-order valence-electron chi connectivity index (χ3n) is 4.06. The second-order valence-electron chi connectivity index (χ2n) is 7.08. The van der Waals surface area contributed by atoms with Crippen LogP contribution in [0.15, 0.2) is 12.3 Å². The van der Waals surface area contributed by atoms with Gasteiger partial charge in [-0.15, -0.1) is 0 Å². The van der Waals surface area contributed by atoms with Gasteiger partial charge in [0.15, 0.2) is 0 Å². The van der Waals surface area contributed by atoms with Gasteiger partial charge in [0.2, 0.25) is 5.91 Å². The fraction of sp³-hybridized carbons (Fsp3) is 0.818. The Balaban J connectivity index is 0. The maximum absolute atomic E-state index is 11.6. The third-order valence-corrected chi connectivity index (χ3v) is 4.44. The van der Waals surface area contributed by atoms with E-state index < -0.39 is 5.97 Å². The lowest BCUT2D eigenvalue weighted by atomic mass is 10.1. The topological polar surface area (TPSA) is 123 Å². The first-order chi connectivity index (χ1) is 15.0. The molecule has 0 aliphatic carbocycles. The number of carbonyl (C=O) groups excluding carboxylic acids is 1. The first-order valence-electron chi connectivity index (χ1n) is 11.3. The molecule has 0 rings (SSSR count). The summed E-state index contributed by atoms with van der Waals surface area (Å²) in [5.74, 6) is -0.195. The van der Waals surface area contributed by atoms with Crippen LogP contribution in [0.4, 0.5) is 0 Å². The zero-order valence-corrected chi connectivity index (χ0v) is 20.2. The molecule has 0 fully saturated rings. The highest BCUT2D eigenvalue weighted by atomic mass is 32.1. The Morgan fingerprint density at radius 2 is 1.45 bits per heavy atom. The van der Waals surface area contributed by atoms with Gasteiger partial charge in [0.1, 0.15) is 6.61 Å². The number of unbranched alkanes of at least 4 members (excludes halogenated alkanes) is 7. The quantitative estimate of drug-likeness (QED) is 0.131. The van der Waals surface area contributed by atoms with Gasteiger partial charge in [-0.3, -0.25) is 9.59 Å². The first kappa shape index (κ1) is 31.9. The number of rotatable bonds is 21. The fourth-order valence-corrected chi connectivity index (χ4v) is 2.59. The van der Waals surface area contributed by atoms with E-state index in [1.165, 1.54) is 6.42 Å². The summed E-state index contributed by atoms with van der Waals surface area (Å²) in [5.41, 5.74) is 5.72. The van der Waals surface area contributed by atoms with Crippen LogP contribution in [-0.2, 0) is 19.1 Å². The SMILES string of the molecule is C=C(CS)NCCOCCOCC(=O)NCCCCCCCCCCC(=O)O.CCN.